The molecule has 4 rings (SSSR count). The van der Waals surface area contributed by atoms with Crippen LogP contribution in [0.3, 0.4) is 0 Å². The molecule has 1 saturated heterocycles. The summed E-state index contributed by atoms with van der Waals surface area (Å²) in [5, 5.41) is 10.9. The first-order chi connectivity index (χ1) is 14.5. The van der Waals surface area contributed by atoms with Crippen molar-refractivity contribution in [2.75, 3.05) is 51.8 Å². The van der Waals surface area contributed by atoms with Crippen molar-refractivity contribution in [3.8, 4) is 11.6 Å². The summed E-state index contributed by atoms with van der Waals surface area (Å²) in [6.45, 7) is 6.27. The van der Waals surface area contributed by atoms with Crippen LogP contribution >= 0.6 is 11.6 Å². The molecule has 8 nitrogen and oxygen atoms in total. The van der Waals surface area contributed by atoms with E-state index in [1.165, 1.54) is 15.4 Å². The van der Waals surface area contributed by atoms with Crippen LogP contribution in [-0.2, 0) is 6.54 Å². The number of hydrogen-bond acceptors (Lipinski definition) is 6. The van der Waals surface area contributed by atoms with E-state index in [-0.39, 0.29) is 11.6 Å². The second-order valence-electron chi connectivity index (χ2n) is 7.82. The molecule has 2 aromatic rings. The number of likely N-dealkylation sites (N-methyl/N-ethyl adjacent to an activating group) is 1. The van der Waals surface area contributed by atoms with Gasteiger partial charge in [-0.15, -0.1) is 0 Å². The van der Waals surface area contributed by atoms with Gasteiger partial charge in [-0.1, -0.05) is 11.6 Å². The number of nitrogens with zero attached hydrogens (tertiary/aromatic N) is 4. The summed E-state index contributed by atoms with van der Waals surface area (Å²) in [5.74, 6) is 0.615. The maximum Gasteiger partial charge on any atom is 0.349 e. The molecule has 1 aromatic heterocycles. The topological polar surface area (TPSA) is 74.9 Å². The Kier molecular flexibility index (Phi) is 6.36. The first-order valence-corrected chi connectivity index (χ1v) is 10.7. The van der Waals surface area contributed by atoms with Gasteiger partial charge >= 0.3 is 5.69 Å². The molecule has 0 aliphatic carbocycles. The Morgan fingerprint density at radius 3 is 2.73 bits per heavy atom. The number of rotatable bonds is 7. The van der Waals surface area contributed by atoms with Crippen LogP contribution in [0.4, 0.5) is 0 Å². The van der Waals surface area contributed by atoms with E-state index in [0.717, 1.165) is 56.8 Å². The highest BCUT2D eigenvalue weighted by Crippen LogP contribution is 2.31. The van der Waals surface area contributed by atoms with Gasteiger partial charge in [0, 0.05) is 43.3 Å². The minimum Gasteiger partial charge on any atom is -0.493 e. The smallest absolute Gasteiger partial charge is 0.349 e. The fourth-order valence-corrected chi connectivity index (χ4v) is 4.00. The first-order valence-electron chi connectivity index (χ1n) is 10.3. The maximum absolute atomic E-state index is 12.8. The lowest BCUT2D eigenvalue weighted by atomic mass is 10.1. The molecule has 1 aromatic carbocycles. The van der Waals surface area contributed by atoms with Gasteiger partial charge in [0.15, 0.2) is 0 Å². The van der Waals surface area contributed by atoms with Gasteiger partial charge in [0.05, 0.1) is 11.9 Å². The fourth-order valence-electron chi connectivity index (χ4n) is 3.83. The van der Waals surface area contributed by atoms with Crippen molar-refractivity contribution in [3.63, 3.8) is 0 Å². The van der Waals surface area contributed by atoms with Crippen molar-refractivity contribution in [1.82, 2.24) is 19.0 Å². The zero-order chi connectivity index (χ0) is 21.1. The molecule has 0 bridgehead atoms. The molecule has 2 N–H and O–H groups in total. The lowest BCUT2D eigenvalue weighted by molar-refractivity contribution is 0.151. The molecule has 2 aliphatic rings. The third-order valence-corrected chi connectivity index (χ3v) is 5.90. The molecule has 30 heavy (non-hydrogen) atoms. The molecule has 9 heteroatoms. The highest BCUT2D eigenvalue weighted by molar-refractivity contribution is 6.30. The molecular weight excluding hydrogens is 406 g/mol. The maximum atomic E-state index is 12.8. The number of piperazine rings is 1. The zero-order valence-corrected chi connectivity index (χ0v) is 17.9. The summed E-state index contributed by atoms with van der Waals surface area (Å²) in [5.41, 5.74) is 4.34. The van der Waals surface area contributed by atoms with Crippen molar-refractivity contribution in [2.45, 2.75) is 19.4 Å². The highest BCUT2D eigenvalue weighted by Gasteiger charge is 2.17. The number of imidazole rings is 1. The minimum atomic E-state index is -0.296. The van der Waals surface area contributed by atoms with E-state index in [1.54, 1.807) is 12.1 Å². The van der Waals surface area contributed by atoms with Gasteiger partial charge in [0.2, 0.25) is 5.88 Å². The molecule has 2 aliphatic heterocycles. The Morgan fingerprint density at radius 1 is 1.17 bits per heavy atom. The Hall–Kier alpha value is -2.42. The summed E-state index contributed by atoms with van der Waals surface area (Å²) in [4.78, 5) is 17.6. The average Bonchev–Trinajstić information content (AvgIpc) is 2.99. The quantitative estimate of drug-likeness (QED) is 0.651. The van der Waals surface area contributed by atoms with Gasteiger partial charge in [-0.05, 0) is 50.7 Å². The Morgan fingerprint density at radius 2 is 1.93 bits per heavy atom. The van der Waals surface area contributed by atoms with Crippen LogP contribution in [-0.4, -0.2) is 70.5 Å². The molecule has 0 spiro atoms. The van der Waals surface area contributed by atoms with Gasteiger partial charge in [-0.3, -0.25) is 9.99 Å². The molecule has 162 valence electrons. The van der Waals surface area contributed by atoms with Crippen LogP contribution in [0.1, 0.15) is 18.4 Å². The predicted molar refractivity (Wildman–Crippen MR) is 118 cm³/mol. The molecule has 1 fully saturated rings. The molecule has 0 saturated carbocycles. The summed E-state index contributed by atoms with van der Waals surface area (Å²) in [7, 11) is 2.15. The van der Waals surface area contributed by atoms with Crippen LogP contribution in [0.15, 0.2) is 35.3 Å². The number of aromatic hydroxyl groups is 1. The second kappa shape index (κ2) is 9.16. The van der Waals surface area contributed by atoms with Crippen molar-refractivity contribution >= 4 is 17.3 Å². The molecule has 0 amide bonds. The van der Waals surface area contributed by atoms with E-state index in [4.69, 9.17) is 16.3 Å². The van der Waals surface area contributed by atoms with Crippen molar-refractivity contribution in [2.24, 2.45) is 0 Å². The fraction of sp³-hybridized carbons (Fsp3) is 0.476. The van der Waals surface area contributed by atoms with Gasteiger partial charge in [-0.25, -0.2) is 9.47 Å². The first kappa shape index (κ1) is 20.8. The van der Waals surface area contributed by atoms with Crippen molar-refractivity contribution in [1.29, 1.82) is 0 Å². The third kappa shape index (κ3) is 4.66. The molecule has 0 unspecified atom stereocenters. The average molecular weight is 434 g/mol. The largest absolute Gasteiger partial charge is 0.493 e. The van der Waals surface area contributed by atoms with Crippen LogP contribution in [0.25, 0.3) is 5.70 Å². The minimum absolute atomic E-state index is 0.0453. The van der Waals surface area contributed by atoms with Crippen LogP contribution in [0.2, 0.25) is 5.02 Å². The molecule has 0 radical (unpaired) electrons. The van der Waals surface area contributed by atoms with E-state index < -0.39 is 0 Å². The van der Waals surface area contributed by atoms with Gasteiger partial charge in [0.25, 0.3) is 0 Å². The Bertz CT molecular complexity index is 976. The number of fused-ring (bicyclic) bond motifs is 1. The van der Waals surface area contributed by atoms with Gasteiger partial charge in [0.1, 0.15) is 12.4 Å². The van der Waals surface area contributed by atoms with Crippen LogP contribution in [0.5, 0.6) is 11.6 Å². The molecule has 0 atom stereocenters. The number of ether oxygens (including phenoxy) is 1. The van der Waals surface area contributed by atoms with E-state index in [1.807, 2.05) is 12.1 Å². The van der Waals surface area contributed by atoms with E-state index >= 15 is 0 Å². The van der Waals surface area contributed by atoms with Gasteiger partial charge in [-0.2, -0.15) is 0 Å². The van der Waals surface area contributed by atoms with Crippen LogP contribution in [0, 0.1) is 0 Å². The van der Waals surface area contributed by atoms with Crippen molar-refractivity contribution < 1.29 is 9.84 Å². The van der Waals surface area contributed by atoms with E-state index in [0.29, 0.717) is 23.9 Å². The predicted octanol–water partition coefficient (Wildman–Crippen LogP) is 2.01. The summed E-state index contributed by atoms with van der Waals surface area (Å²) in [6, 6.07) is 5.36. The van der Waals surface area contributed by atoms with E-state index in [2.05, 4.69) is 22.3 Å². The Balaban J connectivity index is 1.36. The Labute approximate surface area is 180 Å². The normalized spacial score (nSPS) is 17.3. The number of nitrogens with one attached hydrogen (secondary N) is 1. The van der Waals surface area contributed by atoms with E-state index in [9.17, 15) is 9.90 Å². The van der Waals surface area contributed by atoms with Gasteiger partial charge < -0.3 is 19.6 Å². The number of halogens is 1. The lowest BCUT2D eigenvalue weighted by Crippen LogP contribution is -2.44. The summed E-state index contributed by atoms with van der Waals surface area (Å²) >= 11 is 6.03. The second-order valence-corrected chi connectivity index (χ2v) is 8.26. The molecular formula is C21H28ClN5O3. The number of hydrogen-bond donors (Lipinski definition) is 2. The monoisotopic (exact) mass is 433 g/mol. The highest BCUT2D eigenvalue weighted by atomic mass is 35.5. The lowest BCUT2D eigenvalue weighted by Gasteiger charge is -2.32. The number of aromatic nitrogens is 2. The summed E-state index contributed by atoms with van der Waals surface area (Å²) in [6.07, 6.45) is 5.09. The number of benzene rings is 1. The standard InChI is InChI=1S/C21H28ClN5O3/c1-24-9-11-25(12-10-24)7-2-3-8-26-20(28)15-27(21(26)29)23-18-6-13-30-19-14-16(22)4-5-17(18)19/h4-6,14-15,23,28H,2-3,7-13H2,1H3. The van der Waals surface area contributed by atoms with Crippen LogP contribution < -0.4 is 15.9 Å². The third-order valence-electron chi connectivity index (χ3n) is 5.66. The SMILES string of the molecule is CN1CCN(CCCCn2c(O)cn(NC3=CCOc4cc(Cl)ccc43)c2=O)CC1. The summed E-state index contributed by atoms with van der Waals surface area (Å²) < 4.78 is 8.32. The molecule has 3 heterocycles. The zero-order valence-electron chi connectivity index (χ0n) is 17.2. The number of unbranched alkanes of at least 4 members (excludes halogenated alkanes) is 1. The van der Waals surface area contributed by atoms with Crippen molar-refractivity contribution in [3.05, 3.63) is 51.5 Å².